The van der Waals surface area contributed by atoms with Gasteiger partial charge in [-0.1, -0.05) is 61.5 Å². The standard InChI is InChI=1S/C25H23NO4/c1-3-14-26-22(20-13-7-9-16-8-4-5-12-19(16)20)21(24(28)25(26)29)23(27)17-10-6-11-18(15-17)30-2/h4-13,15,22,27H,3,14H2,1-2H3/b23-21-. The van der Waals surface area contributed by atoms with Crippen LogP contribution in [0.25, 0.3) is 16.5 Å². The van der Waals surface area contributed by atoms with Crippen LogP contribution in [0.1, 0.15) is 30.5 Å². The number of carbonyl (C=O) groups excluding carboxylic acids is 2. The van der Waals surface area contributed by atoms with E-state index in [0.29, 0.717) is 24.3 Å². The second-order valence-corrected chi connectivity index (χ2v) is 7.29. The van der Waals surface area contributed by atoms with Gasteiger partial charge in [-0.25, -0.2) is 0 Å². The number of hydrogen-bond donors (Lipinski definition) is 1. The number of ether oxygens (including phenoxy) is 1. The molecule has 152 valence electrons. The highest BCUT2D eigenvalue weighted by atomic mass is 16.5. The number of hydrogen-bond acceptors (Lipinski definition) is 4. The summed E-state index contributed by atoms with van der Waals surface area (Å²) in [4.78, 5) is 27.5. The molecule has 5 heteroatoms. The largest absolute Gasteiger partial charge is 0.507 e. The zero-order chi connectivity index (χ0) is 21.3. The lowest BCUT2D eigenvalue weighted by molar-refractivity contribution is -0.139. The molecule has 0 aliphatic carbocycles. The quantitative estimate of drug-likeness (QED) is 0.383. The lowest BCUT2D eigenvalue weighted by Gasteiger charge is -2.26. The van der Waals surface area contributed by atoms with Crippen LogP contribution in [-0.2, 0) is 9.59 Å². The number of Topliss-reactive ketones (excluding diaryl/α,β-unsaturated/α-hetero) is 1. The molecule has 3 aromatic carbocycles. The van der Waals surface area contributed by atoms with Gasteiger partial charge in [-0.2, -0.15) is 0 Å². The van der Waals surface area contributed by atoms with Gasteiger partial charge in [0.2, 0.25) is 0 Å². The molecule has 0 spiro atoms. The van der Waals surface area contributed by atoms with Crippen LogP contribution in [0.3, 0.4) is 0 Å². The molecule has 0 aromatic heterocycles. The molecule has 0 radical (unpaired) electrons. The van der Waals surface area contributed by atoms with Crippen molar-refractivity contribution in [2.75, 3.05) is 13.7 Å². The number of aliphatic hydroxyl groups is 1. The van der Waals surface area contributed by atoms with Gasteiger partial charge in [0.1, 0.15) is 11.5 Å². The molecule has 1 fully saturated rings. The van der Waals surface area contributed by atoms with Crippen LogP contribution in [0.4, 0.5) is 0 Å². The molecule has 1 N–H and O–H groups in total. The van der Waals surface area contributed by atoms with Crippen molar-refractivity contribution in [3.8, 4) is 5.75 Å². The van der Waals surface area contributed by atoms with Gasteiger partial charge in [0.15, 0.2) is 0 Å². The number of benzene rings is 3. The molecule has 1 heterocycles. The zero-order valence-corrected chi connectivity index (χ0v) is 17.0. The molecule has 1 aliphatic rings. The summed E-state index contributed by atoms with van der Waals surface area (Å²) in [5, 5.41) is 13.1. The maximum atomic E-state index is 13.0. The molecular formula is C25H23NO4. The van der Waals surface area contributed by atoms with E-state index in [0.717, 1.165) is 16.3 Å². The number of rotatable bonds is 5. The Morgan fingerprint density at radius 1 is 1.03 bits per heavy atom. The van der Waals surface area contributed by atoms with Crippen molar-refractivity contribution in [1.82, 2.24) is 4.90 Å². The maximum absolute atomic E-state index is 13.0. The molecule has 5 nitrogen and oxygen atoms in total. The molecule has 0 saturated carbocycles. The van der Waals surface area contributed by atoms with Crippen molar-refractivity contribution in [3.63, 3.8) is 0 Å². The van der Waals surface area contributed by atoms with E-state index in [2.05, 4.69) is 0 Å². The maximum Gasteiger partial charge on any atom is 0.295 e. The van der Waals surface area contributed by atoms with Gasteiger partial charge < -0.3 is 14.7 Å². The van der Waals surface area contributed by atoms with Crippen molar-refractivity contribution in [2.24, 2.45) is 0 Å². The first kappa shape index (κ1) is 19.7. The summed E-state index contributed by atoms with van der Waals surface area (Å²) in [6, 6.07) is 19.9. The van der Waals surface area contributed by atoms with Gasteiger partial charge in [-0.05, 0) is 34.9 Å². The average molecular weight is 401 g/mol. The first-order valence-corrected chi connectivity index (χ1v) is 9.97. The van der Waals surface area contributed by atoms with Crippen LogP contribution in [-0.4, -0.2) is 35.4 Å². The summed E-state index contributed by atoms with van der Waals surface area (Å²) in [5.74, 6) is -0.881. The first-order valence-electron chi connectivity index (χ1n) is 9.97. The van der Waals surface area contributed by atoms with E-state index >= 15 is 0 Å². The topological polar surface area (TPSA) is 66.8 Å². The highest BCUT2D eigenvalue weighted by Gasteiger charge is 2.46. The molecule has 0 bridgehead atoms. The Morgan fingerprint density at radius 3 is 2.53 bits per heavy atom. The normalized spacial score (nSPS) is 18.2. The van der Waals surface area contributed by atoms with Crippen LogP contribution in [0.5, 0.6) is 5.75 Å². The van der Waals surface area contributed by atoms with E-state index in [1.165, 1.54) is 7.11 Å². The van der Waals surface area contributed by atoms with E-state index in [-0.39, 0.29) is 11.3 Å². The smallest absolute Gasteiger partial charge is 0.295 e. The molecule has 1 atom stereocenters. The Hall–Kier alpha value is -3.60. The molecular weight excluding hydrogens is 378 g/mol. The van der Waals surface area contributed by atoms with Crippen LogP contribution in [0.2, 0.25) is 0 Å². The third-order valence-electron chi connectivity index (χ3n) is 5.47. The third-order valence-corrected chi connectivity index (χ3v) is 5.47. The Balaban J connectivity index is 1.97. The predicted octanol–water partition coefficient (Wildman–Crippen LogP) is 4.68. The first-order chi connectivity index (χ1) is 14.6. The van der Waals surface area contributed by atoms with Crippen LogP contribution in [0.15, 0.2) is 72.3 Å². The van der Waals surface area contributed by atoms with E-state index in [1.54, 1.807) is 29.2 Å². The summed E-state index contributed by atoms with van der Waals surface area (Å²) in [6.07, 6.45) is 0.702. The second-order valence-electron chi connectivity index (χ2n) is 7.29. The van der Waals surface area contributed by atoms with Gasteiger partial charge in [0.05, 0.1) is 18.7 Å². The number of ketones is 1. The molecule has 30 heavy (non-hydrogen) atoms. The Kier molecular flexibility index (Phi) is 5.27. The van der Waals surface area contributed by atoms with E-state index in [9.17, 15) is 14.7 Å². The van der Waals surface area contributed by atoms with Gasteiger partial charge in [0, 0.05) is 12.1 Å². The fourth-order valence-electron chi connectivity index (χ4n) is 4.09. The molecule has 1 aliphatic heterocycles. The number of aliphatic hydroxyl groups excluding tert-OH is 1. The lowest BCUT2D eigenvalue weighted by Crippen LogP contribution is -2.30. The van der Waals surface area contributed by atoms with E-state index in [1.807, 2.05) is 49.4 Å². The van der Waals surface area contributed by atoms with Crippen LogP contribution < -0.4 is 4.74 Å². The number of nitrogens with zero attached hydrogens (tertiary/aromatic N) is 1. The minimum Gasteiger partial charge on any atom is -0.507 e. The fraction of sp³-hybridized carbons (Fsp3) is 0.200. The number of fused-ring (bicyclic) bond motifs is 1. The minimum atomic E-state index is -0.665. The van der Waals surface area contributed by atoms with Crippen molar-refractivity contribution < 1.29 is 19.4 Å². The molecule has 3 aromatic rings. The minimum absolute atomic E-state index is 0.109. The summed E-state index contributed by atoms with van der Waals surface area (Å²) in [6.45, 7) is 2.38. The van der Waals surface area contributed by atoms with E-state index in [4.69, 9.17) is 4.74 Å². The second kappa shape index (κ2) is 8.03. The molecule has 1 amide bonds. The average Bonchev–Trinajstić information content (AvgIpc) is 3.03. The number of likely N-dealkylation sites (tertiary alicyclic amines) is 1. The number of carbonyl (C=O) groups is 2. The Labute approximate surface area is 175 Å². The van der Waals surface area contributed by atoms with Crippen molar-refractivity contribution in [1.29, 1.82) is 0 Å². The van der Waals surface area contributed by atoms with Crippen LogP contribution >= 0.6 is 0 Å². The van der Waals surface area contributed by atoms with Crippen molar-refractivity contribution in [2.45, 2.75) is 19.4 Å². The zero-order valence-electron chi connectivity index (χ0n) is 17.0. The SMILES string of the molecule is CCCN1C(=O)C(=O)/C(=C(\O)c2cccc(OC)c2)C1c1cccc2ccccc12. The van der Waals surface area contributed by atoms with Crippen molar-refractivity contribution in [3.05, 3.63) is 83.4 Å². The van der Waals surface area contributed by atoms with Crippen molar-refractivity contribution >= 4 is 28.2 Å². The lowest BCUT2D eigenvalue weighted by atomic mass is 9.91. The van der Waals surface area contributed by atoms with Crippen LogP contribution in [0, 0.1) is 0 Å². The summed E-state index contributed by atoms with van der Waals surface area (Å²) < 4.78 is 5.25. The highest BCUT2D eigenvalue weighted by Crippen LogP contribution is 2.42. The van der Waals surface area contributed by atoms with Gasteiger partial charge in [0.25, 0.3) is 11.7 Å². The number of methoxy groups -OCH3 is 1. The number of amides is 1. The van der Waals surface area contributed by atoms with Gasteiger partial charge in [-0.15, -0.1) is 0 Å². The Bertz CT molecular complexity index is 1160. The highest BCUT2D eigenvalue weighted by molar-refractivity contribution is 6.46. The molecule has 1 saturated heterocycles. The summed E-state index contributed by atoms with van der Waals surface area (Å²) in [5.41, 5.74) is 1.37. The summed E-state index contributed by atoms with van der Waals surface area (Å²) >= 11 is 0. The van der Waals surface area contributed by atoms with E-state index < -0.39 is 17.7 Å². The predicted molar refractivity (Wildman–Crippen MR) is 116 cm³/mol. The third kappa shape index (κ3) is 3.22. The van der Waals surface area contributed by atoms with Gasteiger partial charge in [-0.3, -0.25) is 9.59 Å². The summed E-state index contributed by atoms with van der Waals surface area (Å²) in [7, 11) is 1.54. The monoisotopic (exact) mass is 401 g/mol. The molecule has 4 rings (SSSR count). The fourth-order valence-corrected chi connectivity index (χ4v) is 4.09. The Morgan fingerprint density at radius 2 is 1.77 bits per heavy atom. The molecule has 1 unspecified atom stereocenters. The van der Waals surface area contributed by atoms with Gasteiger partial charge >= 0.3 is 0 Å².